The highest BCUT2D eigenvalue weighted by Gasteiger charge is 2.18. The Labute approximate surface area is 182 Å². The molecule has 1 amide bonds. The fourth-order valence-corrected chi connectivity index (χ4v) is 2.97. The van der Waals surface area contributed by atoms with Crippen LogP contribution >= 0.6 is 0 Å². The first-order valence-electron chi connectivity index (χ1n) is 10.2. The topological polar surface area (TPSA) is 73.9 Å². The number of benzene rings is 2. The van der Waals surface area contributed by atoms with Crippen molar-refractivity contribution in [2.45, 2.75) is 53.2 Å². The average molecular weight is 432 g/mol. The summed E-state index contributed by atoms with van der Waals surface area (Å²) in [7, 11) is 1.21. The van der Waals surface area contributed by atoms with Crippen molar-refractivity contribution >= 4 is 12.1 Å². The highest BCUT2D eigenvalue weighted by atomic mass is 19.1. The molecule has 0 atom stereocenters. The lowest BCUT2D eigenvalue weighted by Crippen LogP contribution is -2.32. The minimum atomic E-state index is -0.742. The Morgan fingerprint density at radius 3 is 2.45 bits per heavy atom. The van der Waals surface area contributed by atoms with E-state index >= 15 is 0 Å². The standard InChI is InChI=1S/C24H30FNO5/c1-7-10-30-21-9-8-16(12-17(21)14-26-23(28)31-24(3,4)5)18-13-19(22(27)29-6)20(25)11-15(18)2/h8-9,11-13H,7,10,14H2,1-6H3,(H,26,28). The van der Waals surface area contributed by atoms with Crippen LogP contribution in [0.3, 0.4) is 0 Å². The normalized spacial score (nSPS) is 11.1. The molecule has 1 N–H and O–H groups in total. The Balaban J connectivity index is 2.41. The van der Waals surface area contributed by atoms with E-state index in [1.54, 1.807) is 33.8 Å². The molecule has 0 aliphatic heterocycles. The van der Waals surface area contributed by atoms with Gasteiger partial charge in [0.25, 0.3) is 0 Å². The third kappa shape index (κ3) is 6.70. The summed E-state index contributed by atoms with van der Waals surface area (Å²) >= 11 is 0. The first kappa shape index (κ1) is 24.2. The minimum absolute atomic E-state index is 0.136. The maximum Gasteiger partial charge on any atom is 0.407 e. The zero-order chi connectivity index (χ0) is 23.2. The Morgan fingerprint density at radius 2 is 1.84 bits per heavy atom. The van der Waals surface area contributed by atoms with E-state index in [1.807, 2.05) is 19.1 Å². The van der Waals surface area contributed by atoms with Crippen LogP contribution < -0.4 is 10.1 Å². The fraction of sp³-hybridized carbons (Fsp3) is 0.417. The van der Waals surface area contributed by atoms with Crippen molar-refractivity contribution in [3.05, 3.63) is 52.8 Å². The second-order valence-corrected chi connectivity index (χ2v) is 8.16. The largest absolute Gasteiger partial charge is 0.493 e. The number of esters is 1. The van der Waals surface area contributed by atoms with Crippen LogP contribution in [0.4, 0.5) is 9.18 Å². The van der Waals surface area contributed by atoms with Crippen molar-refractivity contribution in [3.63, 3.8) is 0 Å². The molecule has 0 heterocycles. The van der Waals surface area contributed by atoms with E-state index in [0.29, 0.717) is 23.5 Å². The Hall–Kier alpha value is -3.09. The molecule has 0 aromatic heterocycles. The number of hydrogen-bond acceptors (Lipinski definition) is 5. The molecular formula is C24H30FNO5. The third-order valence-electron chi connectivity index (χ3n) is 4.37. The van der Waals surface area contributed by atoms with E-state index in [-0.39, 0.29) is 12.1 Å². The summed E-state index contributed by atoms with van der Waals surface area (Å²) in [6.07, 6.45) is 0.297. The van der Waals surface area contributed by atoms with Crippen molar-refractivity contribution in [1.82, 2.24) is 5.32 Å². The van der Waals surface area contributed by atoms with Gasteiger partial charge in [0.2, 0.25) is 0 Å². The van der Waals surface area contributed by atoms with Crippen molar-refractivity contribution in [2.75, 3.05) is 13.7 Å². The predicted molar refractivity (Wildman–Crippen MR) is 117 cm³/mol. The molecular weight excluding hydrogens is 401 g/mol. The first-order chi connectivity index (χ1) is 14.6. The number of methoxy groups -OCH3 is 1. The molecule has 6 nitrogen and oxygen atoms in total. The van der Waals surface area contributed by atoms with Crippen LogP contribution in [0.2, 0.25) is 0 Å². The van der Waals surface area contributed by atoms with Gasteiger partial charge in [-0.15, -0.1) is 0 Å². The molecule has 0 aliphatic carbocycles. The van der Waals surface area contributed by atoms with Crippen LogP contribution in [0.15, 0.2) is 30.3 Å². The molecule has 0 saturated carbocycles. The smallest absolute Gasteiger partial charge is 0.407 e. The lowest BCUT2D eigenvalue weighted by Gasteiger charge is -2.20. The minimum Gasteiger partial charge on any atom is -0.493 e. The van der Waals surface area contributed by atoms with Gasteiger partial charge in [0.05, 0.1) is 19.3 Å². The molecule has 0 fully saturated rings. The van der Waals surface area contributed by atoms with Crippen molar-refractivity contribution in [2.24, 2.45) is 0 Å². The number of halogens is 1. The molecule has 0 spiro atoms. The van der Waals surface area contributed by atoms with E-state index < -0.39 is 23.5 Å². The lowest BCUT2D eigenvalue weighted by atomic mass is 9.96. The van der Waals surface area contributed by atoms with Crippen molar-refractivity contribution in [3.8, 4) is 16.9 Å². The zero-order valence-electron chi connectivity index (χ0n) is 18.9. The summed E-state index contributed by atoms with van der Waals surface area (Å²) in [5.74, 6) is -0.745. The molecule has 31 heavy (non-hydrogen) atoms. The molecule has 2 aromatic carbocycles. The van der Waals surface area contributed by atoms with Gasteiger partial charge in [-0.05, 0) is 75.1 Å². The fourth-order valence-electron chi connectivity index (χ4n) is 2.97. The van der Waals surface area contributed by atoms with Gasteiger partial charge in [0, 0.05) is 12.1 Å². The number of alkyl carbamates (subject to hydrolysis) is 1. The number of rotatable bonds is 7. The second kappa shape index (κ2) is 10.3. The molecule has 0 aliphatic rings. The van der Waals surface area contributed by atoms with Crippen LogP contribution in [0.25, 0.3) is 11.1 Å². The molecule has 168 valence electrons. The van der Waals surface area contributed by atoms with Crippen molar-refractivity contribution in [1.29, 1.82) is 0 Å². The predicted octanol–water partition coefficient (Wildman–Crippen LogP) is 5.40. The van der Waals surface area contributed by atoms with Gasteiger partial charge < -0.3 is 19.5 Å². The third-order valence-corrected chi connectivity index (χ3v) is 4.37. The SMILES string of the molecule is CCCOc1ccc(-c2cc(C(=O)OC)c(F)cc2C)cc1CNC(=O)OC(C)(C)C. The molecule has 7 heteroatoms. The van der Waals surface area contributed by atoms with Crippen LogP contribution in [0.5, 0.6) is 5.75 Å². The van der Waals surface area contributed by atoms with Gasteiger partial charge in [-0.3, -0.25) is 0 Å². The Morgan fingerprint density at radius 1 is 1.13 bits per heavy atom. The number of hydrogen-bond donors (Lipinski definition) is 1. The van der Waals surface area contributed by atoms with Crippen LogP contribution in [0.1, 0.15) is 55.6 Å². The quantitative estimate of drug-likeness (QED) is 0.594. The van der Waals surface area contributed by atoms with E-state index in [0.717, 1.165) is 17.5 Å². The van der Waals surface area contributed by atoms with Gasteiger partial charge in [-0.1, -0.05) is 13.0 Å². The number of ether oxygens (including phenoxy) is 3. The molecule has 2 aromatic rings. The Kier molecular flexibility index (Phi) is 8.02. The lowest BCUT2D eigenvalue weighted by molar-refractivity contribution is 0.0521. The van der Waals surface area contributed by atoms with E-state index in [2.05, 4.69) is 10.1 Å². The number of carbonyl (C=O) groups excluding carboxylic acids is 2. The van der Waals surface area contributed by atoms with E-state index in [1.165, 1.54) is 19.2 Å². The highest BCUT2D eigenvalue weighted by molar-refractivity contribution is 5.91. The van der Waals surface area contributed by atoms with E-state index in [9.17, 15) is 14.0 Å². The second-order valence-electron chi connectivity index (χ2n) is 8.16. The number of nitrogens with one attached hydrogen (secondary N) is 1. The maximum atomic E-state index is 14.2. The summed E-state index contributed by atoms with van der Waals surface area (Å²) in [6.45, 7) is 9.85. The number of aryl methyl sites for hydroxylation is 1. The zero-order valence-corrected chi connectivity index (χ0v) is 18.9. The molecule has 0 bridgehead atoms. The summed E-state index contributed by atoms with van der Waals surface area (Å²) in [5, 5.41) is 2.74. The van der Waals surface area contributed by atoms with Gasteiger partial charge in [0.15, 0.2) is 0 Å². The van der Waals surface area contributed by atoms with Crippen LogP contribution in [-0.4, -0.2) is 31.4 Å². The first-order valence-corrected chi connectivity index (χ1v) is 10.2. The number of amides is 1. The summed E-state index contributed by atoms with van der Waals surface area (Å²) in [4.78, 5) is 24.0. The average Bonchev–Trinajstić information content (AvgIpc) is 2.69. The number of carbonyl (C=O) groups is 2. The molecule has 0 unspecified atom stereocenters. The molecule has 2 rings (SSSR count). The van der Waals surface area contributed by atoms with Crippen LogP contribution in [-0.2, 0) is 16.0 Å². The maximum absolute atomic E-state index is 14.2. The monoisotopic (exact) mass is 431 g/mol. The van der Waals surface area contributed by atoms with Crippen LogP contribution in [0, 0.1) is 12.7 Å². The highest BCUT2D eigenvalue weighted by Crippen LogP contribution is 2.31. The van der Waals surface area contributed by atoms with E-state index in [4.69, 9.17) is 9.47 Å². The summed E-state index contributed by atoms with van der Waals surface area (Å²) in [5.41, 5.74) is 2.10. The molecule has 0 radical (unpaired) electrons. The van der Waals surface area contributed by atoms with Gasteiger partial charge in [-0.25, -0.2) is 14.0 Å². The van der Waals surface area contributed by atoms with Gasteiger partial charge in [-0.2, -0.15) is 0 Å². The van der Waals surface area contributed by atoms with Gasteiger partial charge in [0.1, 0.15) is 17.2 Å². The van der Waals surface area contributed by atoms with Crippen molar-refractivity contribution < 1.29 is 28.2 Å². The van der Waals surface area contributed by atoms with Gasteiger partial charge >= 0.3 is 12.1 Å². The summed E-state index contributed by atoms with van der Waals surface area (Å²) < 4.78 is 30.0. The molecule has 0 saturated heterocycles. The summed E-state index contributed by atoms with van der Waals surface area (Å²) in [6, 6.07) is 8.27. The Bertz CT molecular complexity index is 950.